The summed E-state index contributed by atoms with van der Waals surface area (Å²) >= 11 is 0. The second kappa shape index (κ2) is 12.1. The molecule has 0 aromatic heterocycles. The van der Waals surface area contributed by atoms with Crippen molar-refractivity contribution in [2.75, 3.05) is 12.4 Å². The third-order valence-electron chi connectivity index (χ3n) is 6.44. The van der Waals surface area contributed by atoms with E-state index >= 15 is 0 Å². The summed E-state index contributed by atoms with van der Waals surface area (Å²) in [5, 5.41) is 6.86. The van der Waals surface area contributed by atoms with Crippen molar-refractivity contribution in [3.8, 4) is 5.75 Å². The molecule has 0 fully saturated rings. The monoisotopic (exact) mass is 557 g/mol. The Morgan fingerprint density at radius 3 is 1.46 bits per heavy atom. The minimum atomic E-state index is -2.32. The molecule has 4 aromatic carbocycles. The third kappa shape index (κ3) is 5.43. The summed E-state index contributed by atoms with van der Waals surface area (Å²) in [6.45, 7) is 6.08. The van der Waals surface area contributed by atoms with Gasteiger partial charge in [-0.1, -0.05) is 54.6 Å². The molecule has 1 atom stereocenters. The zero-order valence-corrected chi connectivity index (χ0v) is 24.5. The molecule has 0 bridgehead atoms. The van der Waals surface area contributed by atoms with Crippen LogP contribution in [0.3, 0.4) is 0 Å². The number of methoxy groups -OCH3 is 1. The Kier molecular flexibility index (Phi) is 9.42. The van der Waals surface area contributed by atoms with Crippen LogP contribution in [0.25, 0.3) is 0 Å². The number of rotatable bonds is 7. The van der Waals surface area contributed by atoms with Gasteiger partial charge in [0, 0.05) is 38.4 Å². The smallest absolute Gasteiger partial charge is 0.266 e. The van der Waals surface area contributed by atoms with Crippen LogP contribution in [0, 0.1) is 13.8 Å². The van der Waals surface area contributed by atoms with Gasteiger partial charge in [0.2, 0.25) is 0 Å². The summed E-state index contributed by atoms with van der Waals surface area (Å²) in [4.78, 5) is 14.0. The largest absolute Gasteiger partial charge is 0.497 e. The number of amides is 1. The molecule has 0 aliphatic carbocycles. The third-order valence-corrected chi connectivity index (χ3v) is 11.2. The summed E-state index contributed by atoms with van der Waals surface area (Å²) in [5.74, 6) is 0.807. The van der Waals surface area contributed by atoms with E-state index in [9.17, 15) is 4.79 Å². The molecule has 35 heavy (non-hydrogen) atoms. The first-order valence-electron chi connectivity index (χ1n) is 11.5. The van der Waals surface area contributed by atoms with Gasteiger partial charge in [-0.05, 0) is 80.4 Å². The predicted molar refractivity (Wildman–Crippen MR) is 146 cm³/mol. The summed E-state index contributed by atoms with van der Waals surface area (Å²) in [5.41, 5.74) is 2.53. The summed E-state index contributed by atoms with van der Waals surface area (Å²) in [7, 11) is -0.660. The molecular formula is C30H31NO2PY+. The van der Waals surface area contributed by atoms with Crippen molar-refractivity contribution in [2.45, 2.75) is 26.4 Å². The van der Waals surface area contributed by atoms with Crippen LogP contribution in [0.1, 0.15) is 18.1 Å². The molecule has 0 aliphatic heterocycles. The minimum Gasteiger partial charge on any atom is -0.497 e. The number of carbonyl (C=O) groups is 1. The van der Waals surface area contributed by atoms with E-state index in [1.165, 1.54) is 15.9 Å². The standard InChI is InChI=1S/C30H30NO2P.Y/c1-22-20-25(33-4)21-23(2)29(22)31-30(32)24(3)34(26-14-8-5-9-15-26,27-16-10-6-11-17-27)28-18-12-7-13-19-28;/h5-21,24H,1-4H3;/p+1. The Labute approximate surface area is 234 Å². The first-order valence-corrected chi connectivity index (χ1v) is 13.4. The molecule has 0 aliphatic rings. The van der Waals surface area contributed by atoms with E-state index in [1.54, 1.807) is 7.11 Å². The van der Waals surface area contributed by atoms with Crippen molar-refractivity contribution in [3.63, 3.8) is 0 Å². The molecule has 1 amide bonds. The molecule has 0 saturated heterocycles. The minimum absolute atomic E-state index is 0. The Morgan fingerprint density at radius 2 is 1.11 bits per heavy atom. The Hall–Kier alpha value is -2.32. The van der Waals surface area contributed by atoms with Crippen LogP contribution in [0.5, 0.6) is 5.75 Å². The molecule has 0 spiro atoms. The van der Waals surface area contributed by atoms with Crippen LogP contribution in [0.4, 0.5) is 5.69 Å². The normalized spacial score (nSPS) is 11.8. The average Bonchev–Trinajstić information content (AvgIpc) is 2.88. The average molecular weight is 557 g/mol. The van der Waals surface area contributed by atoms with Crippen LogP contribution in [-0.2, 0) is 37.5 Å². The van der Waals surface area contributed by atoms with Crippen LogP contribution in [0.15, 0.2) is 103 Å². The fourth-order valence-electron chi connectivity index (χ4n) is 4.75. The number of benzene rings is 4. The van der Waals surface area contributed by atoms with Gasteiger partial charge in [0.15, 0.2) is 5.66 Å². The topological polar surface area (TPSA) is 38.3 Å². The molecule has 1 radical (unpaired) electrons. The van der Waals surface area contributed by atoms with E-state index in [2.05, 4.69) is 85.0 Å². The van der Waals surface area contributed by atoms with Gasteiger partial charge in [0.05, 0.1) is 7.11 Å². The van der Waals surface area contributed by atoms with E-state index in [1.807, 2.05) is 44.2 Å². The number of hydrogen-bond acceptors (Lipinski definition) is 2. The first kappa shape index (κ1) is 27.3. The molecule has 1 unspecified atom stereocenters. The van der Waals surface area contributed by atoms with Crippen LogP contribution in [-0.4, -0.2) is 18.7 Å². The number of carbonyl (C=O) groups excluding carboxylic acids is 1. The number of ether oxygens (including phenoxy) is 1. The quantitative estimate of drug-likeness (QED) is 0.299. The number of anilines is 1. The van der Waals surface area contributed by atoms with Gasteiger partial charge in [0.1, 0.15) is 28.9 Å². The molecule has 4 rings (SSSR count). The zero-order valence-electron chi connectivity index (χ0n) is 20.7. The van der Waals surface area contributed by atoms with Gasteiger partial charge in [-0.2, -0.15) is 0 Å². The Balaban J connectivity index is 0.00000342. The van der Waals surface area contributed by atoms with Crippen molar-refractivity contribution in [1.82, 2.24) is 0 Å². The maximum atomic E-state index is 14.0. The van der Waals surface area contributed by atoms with Crippen molar-refractivity contribution >= 4 is 34.8 Å². The van der Waals surface area contributed by atoms with Crippen molar-refractivity contribution < 1.29 is 42.2 Å². The maximum Gasteiger partial charge on any atom is 0.266 e. The second-order valence-corrected chi connectivity index (χ2v) is 12.3. The Bertz CT molecular complexity index is 1140. The van der Waals surface area contributed by atoms with Gasteiger partial charge in [-0.15, -0.1) is 0 Å². The number of aryl methyl sites for hydroxylation is 2. The fourth-order valence-corrected chi connectivity index (χ4v) is 9.33. The predicted octanol–water partition coefficient (Wildman–Crippen LogP) is 5.63. The van der Waals surface area contributed by atoms with Gasteiger partial charge >= 0.3 is 0 Å². The van der Waals surface area contributed by atoms with Gasteiger partial charge in [-0.3, -0.25) is 4.79 Å². The van der Waals surface area contributed by atoms with Crippen molar-refractivity contribution in [2.24, 2.45) is 0 Å². The number of hydrogen-bond donors (Lipinski definition) is 1. The summed E-state index contributed by atoms with van der Waals surface area (Å²) < 4.78 is 5.40. The fraction of sp³-hybridized carbons (Fsp3) is 0.167. The summed E-state index contributed by atoms with van der Waals surface area (Å²) in [6.07, 6.45) is 0. The molecule has 0 heterocycles. The van der Waals surface area contributed by atoms with E-state index in [0.29, 0.717) is 0 Å². The number of nitrogens with one attached hydrogen (secondary N) is 1. The molecule has 3 nitrogen and oxygen atoms in total. The zero-order chi connectivity index (χ0) is 24.1. The summed E-state index contributed by atoms with van der Waals surface area (Å²) in [6, 6.07) is 35.4. The van der Waals surface area contributed by atoms with Gasteiger partial charge in [0.25, 0.3) is 5.91 Å². The van der Waals surface area contributed by atoms with Gasteiger partial charge in [-0.25, -0.2) is 0 Å². The molecule has 4 aromatic rings. The van der Waals surface area contributed by atoms with Crippen molar-refractivity contribution in [3.05, 3.63) is 114 Å². The van der Waals surface area contributed by atoms with Crippen LogP contribution in [0.2, 0.25) is 0 Å². The van der Waals surface area contributed by atoms with Crippen LogP contribution < -0.4 is 26.0 Å². The molecule has 0 saturated carbocycles. The SMILES string of the molecule is COc1cc(C)c(NC(=O)C(C)[P+](c2ccccc2)(c2ccccc2)c2ccccc2)c(C)c1.[Y]. The molecular weight excluding hydrogens is 526 g/mol. The molecule has 1 N–H and O–H groups in total. The van der Waals surface area contributed by atoms with E-state index in [0.717, 1.165) is 22.6 Å². The maximum absolute atomic E-state index is 14.0. The van der Waals surface area contributed by atoms with Crippen molar-refractivity contribution in [1.29, 1.82) is 0 Å². The van der Waals surface area contributed by atoms with E-state index in [4.69, 9.17) is 4.74 Å². The van der Waals surface area contributed by atoms with E-state index < -0.39 is 7.26 Å². The first-order chi connectivity index (χ1) is 16.5. The van der Waals surface area contributed by atoms with Crippen LogP contribution >= 0.6 is 7.26 Å². The second-order valence-electron chi connectivity index (χ2n) is 8.53. The van der Waals surface area contributed by atoms with Gasteiger partial charge < -0.3 is 10.1 Å². The molecule has 5 heteroatoms. The Morgan fingerprint density at radius 1 is 0.743 bits per heavy atom. The van der Waals surface area contributed by atoms with E-state index in [-0.39, 0.29) is 44.3 Å². The molecule has 175 valence electrons.